The van der Waals surface area contributed by atoms with Gasteiger partial charge in [0.05, 0.1) is 0 Å². The van der Waals surface area contributed by atoms with E-state index >= 15 is 0 Å². The van der Waals surface area contributed by atoms with Crippen molar-refractivity contribution in [2.45, 2.75) is 31.8 Å². The molecule has 1 amide bonds. The minimum atomic E-state index is -0.731. The molecule has 0 bridgehead atoms. The number of rotatable bonds is 0. The van der Waals surface area contributed by atoms with Crippen LogP contribution in [-0.2, 0) is 4.79 Å². The maximum absolute atomic E-state index is 11.0. The van der Waals surface area contributed by atoms with E-state index in [-0.39, 0.29) is 11.3 Å². The molecule has 0 radical (unpaired) electrons. The quantitative estimate of drug-likeness (QED) is 0.519. The van der Waals surface area contributed by atoms with Gasteiger partial charge in [-0.15, -0.1) is 0 Å². The standard InChI is InChI=1S/C8H13NO2/c10-6-7(11)9-5-4-8(6)2-1-3-8/h6,10H,1-5H2,(H,9,11). The first-order valence-electron chi connectivity index (χ1n) is 4.20. The molecule has 3 heteroatoms. The molecule has 2 N–H and O–H groups in total. The number of nitrogens with one attached hydrogen (secondary N) is 1. The summed E-state index contributed by atoms with van der Waals surface area (Å²) in [6.45, 7) is 0.746. The van der Waals surface area contributed by atoms with Crippen molar-refractivity contribution in [2.24, 2.45) is 5.41 Å². The Balaban J connectivity index is 2.13. The fraction of sp³-hybridized carbons (Fsp3) is 0.875. The Labute approximate surface area is 65.8 Å². The van der Waals surface area contributed by atoms with Crippen LogP contribution in [0.15, 0.2) is 0 Å². The summed E-state index contributed by atoms with van der Waals surface area (Å²) in [6.07, 6.45) is 3.46. The summed E-state index contributed by atoms with van der Waals surface area (Å²) in [5.74, 6) is -0.170. The number of carbonyl (C=O) groups is 1. The highest BCUT2D eigenvalue weighted by molar-refractivity contribution is 5.82. The lowest BCUT2D eigenvalue weighted by atomic mass is 9.62. The van der Waals surface area contributed by atoms with Crippen LogP contribution < -0.4 is 5.32 Å². The average molecular weight is 155 g/mol. The normalized spacial score (nSPS) is 34.6. The Kier molecular flexibility index (Phi) is 1.42. The van der Waals surface area contributed by atoms with Crippen molar-refractivity contribution < 1.29 is 9.90 Å². The number of aliphatic hydroxyl groups is 1. The summed E-state index contributed by atoms with van der Waals surface area (Å²) in [4.78, 5) is 11.0. The van der Waals surface area contributed by atoms with Gasteiger partial charge < -0.3 is 10.4 Å². The van der Waals surface area contributed by atoms with E-state index in [1.54, 1.807) is 0 Å². The third kappa shape index (κ3) is 0.872. The molecule has 0 aromatic rings. The molecule has 1 saturated carbocycles. The molecular formula is C8H13NO2. The van der Waals surface area contributed by atoms with E-state index in [4.69, 9.17) is 0 Å². The van der Waals surface area contributed by atoms with Crippen LogP contribution in [0.4, 0.5) is 0 Å². The molecule has 2 rings (SSSR count). The topological polar surface area (TPSA) is 49.3 Å². The second kappa shape index (κ2) is 2.21. The zero-order valence-corrected chi connectivity index (χ0v) is 6.47. The second-order valence-electron chi connectivity index (χ2n) is 3.66. The van der Waals surface area contributed by atoms with E-state index in [1.165, 1.54) is 6.42 Å². The minimum absolute atomic E-state index is 0.0255. The lowest BCUT2D eigenvalue weighted by molar-refractivity contribution is -0.147. The fourth-order valence-corrected chi connectivity index (χ4v) is 2.10. The second-order valence-corrected chi connectivity index (χ2v) is 3.66. The minimum Gasteiger partial charge on any atom is -0.383 e. The van der Waals surface area contributed by atoms with Gasteiger partial charge in [-0.3, -0.25) is 4.79 Å². The van der Waals surface area contributed by atoms with E-state index in [1.807, 2.05) is 0 Å². The molecule has 1 unspecified atom stereocenters. The lowest BCUT2D eigenvalue weighted by Crippen LogP contribution is -2.56. The first-order chi connectivity index (χ1) is 5.25. The van der Waals surface area contributed by atoms with Crippen LogP contribution in [-0.4, -0.2) is 23.7 Å². The van der Waals surface area contributed by atoms with Gasteiger partial charge in [-0.05, 0) is 19.3 Å². The first kappa shape index (κ1) is 7.10. The maximum Gasteiger partial charge on any atom is 0.249 e. The molecular weight excluding hydrogens is 142 g/mol. The molecule has 1 saturated heterocycles. The summed E-state index contributed by atoms with van der Waals surface area (Å²) >= 11 is 0. The molecule has 2 aliphatic rings. The first-order valence-corrected chi connectivity index (χ1v) is 4.20. The summed E-state index contributed by atoms with van der Waals surface area (Å²) in [7, 11) is 0. The lowest BCUT2D eigenvalue weighted by Gasteiger charge is -2.47. The predicted octanol–water partition coefficient (Wildman–Crippen LogP) is 0.0375. The van der Waals surface area contributed by atoms with Crippen LogP contribution in [0, 0.1) is 5.41 Å². The monoisotopic (exact) mass is 155 g/mol. The Morgan fingerprint density at radius 2 is 2.18 bits per heavy atom. The van der Waals surface area contributed by atoms with Gasteiger partial charge in [-0.25, -0.2) is 0 Å². The maximum atomic E-state index is 11.0. The SMILES string of the molecule is O=C1NCCC2(CCC2)C1O. The highest BCUT2D eigenvalue weighted by Gasteiger charge is 2.48. The Hall–Kier alpha value is -0.570. The third-order valence-corrected chi connectivity index (χ3v) is 3.10. The molecule has 1 aliphatic heterocycles. The van der Waals surface area contributed by atoms with Crippen LogP contribution in [0.2, 0.25) is 0 Å². The van der Waals surface area contributed by atoms with E-state index in [2.05, 4.69) is 5.32 Å². The van der Waals surface area contributed by atoms with E-state index < -0.39 is 6.10 Å². The molecule has 0 aromatic carbocycles. The highest BCUT2D eigenvalue weighted by atomic mass is 16.3. The van der Waals surface area contributed by atoms with Gasteiger partial charge in [0, 0.05) is 12.0 Å². The zero-order chi connectivity index (χ0) is 7.90. The molecule has 3 nitrogen and oxygen atoms in total. The zero-order valence-electron chi connectivity index (χ0n) is 6.47. The average Bonchev–Trinajstić information content (AvgIpc) is 1.91. The van der Waals surface area contributed by atoms with Gasteiger partial charge in [-0.2, -0.15) is 0 Å². The molecule has 1 aliphatic carbocycles. The molecule has 0 aromatic heterocycles. The molecule has 11 heavy (non-hydrogen) atoms. The largest absolute Gasteiger partial charge is 0.383 e. The molecule has 62 valence electrons. The van der Waals surface area contributed by atoms with Gasteiger partial charge in [0.25, 0.3) is 0 Å². The fourth-order valence-electron chi connectivity index (χ4n) is 2.10. The van der Waals surface area contributed by atoms with E-state index in [0.29, 0.717) is 0 Å². The van der Waals surface area contributed by atoms with Crippen molar-refractivity contribution in [2.75, 3.05) is 6.54 Å². The summed E-state index contributed by atoms with van der Waals surface area (Å²) < 4.78 is 0. The Morgan fingerprint density at radius 3 is 2.64 bits per heavy atom. The van der Waals surface area contributed by atoms with Crippen molar-refractivity contribution in [3.63, 3.8) is 0 Å². The van der Waals surface area contributed by atoms with E-state index in [9.17, 15) is 9.90 Å². The van der Waals surface area contributed by atoms with Crippen molar-refractivity contribution in [3.8, 4) is 0 Å². The van der Waals surface area contributed by atoms with Crippen LogP contribution >= 0.6 is 0 Å². The molecule has 2 fully saturated rings. The van der Waals surface area contributed by atoms with Gasteiger partial charge in [0.1, 0.15) is 6.10 Å². The highest BCUT2D eigenvalue weighted by Crippen LogP contribution is 2.47. The van der Waals surface area contributed by atoms with E-state index in [0.717, 1.165) is 25.8 Å². The van der Waals surface area contributed by atoms with Crippen molar-refractivity contribution in [1.29, 1.82) is 0 Å². The van der Waals surface area contributed by atoms with Crippen molar-refractivity contribution in [1.82, 2.24) is 5.32 Å². The van der Waals surface area contributed by atoms with Gasteiger partial charge in [0.2, 0.25) is 5.91 Å². The summed E-state index contributed by atoms with van der Waals surface area (Å²) in [5.41, 5.74) is -0.0255. The van der Waals surface area contributed by atoms with Gasteiger partial charge >= 0.3 is 0 Å². The number of hydrogen-bond donors (Lipinski definition) is 2. The smallest absolute Gasteiger partial charge is 0.249 e. The number of carbonyl (C=O) groups excluding carboxylic acids is 1. The van der Waals surface area contributed by atoms with Crippen molar-refractivity contribution >= 4 is 5.91 Å². The molecule has 1 heterocycles. The summed E-state index contributed by atoms with van der Waals surface area (Å²) in [6, 6.07) is 0. The number of piperidine rings is 1. The van der Waals surface area contributed by atoms with Crippen LogP contribution in [0.3, 0.4) is 0 Å². The number of hydrogen-bond acceptors (Lipinski definition) is 2. The van der Waals surface area contributed by atoms with Crippen LogP contribution in [0.1, 0.15) is 25.7 Å². The predicted molar refractivity (Wildman–Crippen MR) is 39.9 cm³/mol. The third-order valence-electron chi connectivity index (χ3n) is 3.10. The summed E-state index contributed by atoms with van der Waals surface area (Å²) in [5, 5.41) is 12.2. The van der Waals surface area contributed by atoms with Crippen molar-refractivity contribution in [3.05, 3.63) is 0 Å². The number of amides is 1. The van der Waals surface area contributed by atoms with Crippen LogP contribution in [0.25, 0.3) is 0 Å². The van der Waals surface area contributed by atoms with Gasteiger partial charge in [0.15, 0.2) is 0 Å². The van der Waals surface area contributed by atoms with Gasteiger partial charge in [-0.1, -0.05) is 6.42 Å². The molecule has 1 atom stereocenters. The molecule has 1 spiro atoms. The Bertz CT molecular complexity index is 187. The number of aliphatic hydroxyl groups excluding tert-OH is 1. The van der Waals surface area contributed by atoms with Crippen LogP contribution in [0.5, 0.6) is 0 Å². The Morgan fingerprint density at radius 1 is 1.45 bits per heavy atom.